The van der Waals surface area contributed by atoms with Gasteiger partial charge in [-0.1, -0.05) is 12.1 Å². The van der Waals surface area contributed by atoms with Crippen molar-refractivity contribution in [2.45, 2.75) is 56.7 Å². The molecule has 5 heteroatoms. The minimum absolute atomic E-state index is 0.116. The molecule has 1 aromatic carbocycles. The van der Waals surface area contributed by atoms with Crippen molar-refractivity contribution < 1.29 is 14.6 Å². The summed E-state index contributed by atoms with van der Waals surface area (Å²) in [4.78, 5) is 14.7. The van der Waals surface area contributed by atoms with Crippen LogP contribution in [0.3, 0.4) is 0 Å². The molecule has 1 saturated carbocycles. The average molecular weight is 366 g/mol. The average Bonchev–Trinajstić information content (AvgIpc) is 2.65. The monoisotopic (exact) mass is 366 g/mol. The highest BCUT2D eigenvalue weighted by molar-refractivity contribution is 6.10. The van der Waals surface area contributed by atoms with Gasteiger partial charge in [0.15, 0.2) is 5.78 Å². The van der Waals surface area contributed by atoms with E-state index in [0.717, 1.165) is 67.6 Å². The summed E-state index contributed by atoms with van der Waals surface area (Å²) in [6.07, 6.45) is 4.51. The molecule has 142 valence electrons. The minimum Gasteiger partial charge on any atom is -0.385 e. The molecule has 1 aliphatic heterocycles. The van der Waals surface area contributed by atoms with E-state index in [9.17, 15) is 15.2 Å². The third kappa shape index (κ3) is 2.97. The zero-order valence-electron chi connectivity index (χ0n) is 16.0. The van der Waals surface area contributed by atoms with E-state index in [1.165, 1.54) is 0 Å². The quantitative estimate of drug-likeness (QED) is 0.890. The first-order chi connectivity index (χ1) is 12.9. The molecule has 1 aromatic rings. The molecule has 0 amide bonds. The summed E-state index contributed by atoms with van der Waals surface area (Å²) < 4.78 is 5.64. The zero-order chi connectivity index (χ0) is 19.2. The number of rotatable bonds is 3. The maximum atomic E-state index is 12.6. The van der Waals surface area contributed by atoms with Gasteiger partial charge in [-0.05, 0) is 56.2 Å². The number of aliphatic hydroxyl groups is 1. The van der Waals surface area contributed by atoms with Crippen molar-refractivity contribution in [3.05, 3.63) is 40.5 Å². The second kappa shape index (κ2) is 6.47. The number of carbonyl (C=O) groups excluding carboxylic acids is 1. The zero-order valence-corrected chi connectivity index (χ0v) is 16.0. The van der Waals surface area contributed by atoms with Crippen LogP contribution < -0.4 is 0 Å². The van der Waals surface area contributed by atoms with Crippen molar-refractivity contribution in [1.29, 1.82) is 5.26 Å². The van der Waals surface area contributed by atoms with E-state index in [1.807, 2.05) is 18.2 Å². The molecule has 5 nitrogen and oxygen atoms in total. The van der Waals surface area contributed by atoms with Crippen molar-refractivity contribution in [2.24, 2.45) is 0 Å². The number of nitrogens with zero attached hydrogens (tertiary/aromatic N) is 2. The Morgan fingerprint density at radius 2 is 1.93 bits per heavy atom. The van der Waals surface area contributed by atoms with Crippen LogP contribution >= 0.6 is 0 Å². The van der Waals surface area contributed by atoms with Crippen LogP contribution in [0, 0.1) is 11.3 Å². The Balaban J connectivity index is 1.76. The van der Waals surface area contributed by atoms with Gasteiger partial charge in [-0.2, -0.15) is 5.26 Å². The number of ether oxygens (including phenoxy) is 1. The van der Waals surface area contributed by atoms with Gasteiger partial charge >= 0.3 is 0 Å². The SMILES string of the molecule is COC1(C)CCN(C2=C(C#N)C(=O)Cc3ccc(C4(O)CCC4)cc32)CC1. The van der Waals surface area contributed by atoms with Gasteiger partial charge in [0.25, 0.3) is 0 Å². The highest BCUT2D eigenvalue weighted by Crippen LogP contribution is 2.44. The van der Waals surface area contributed by atoms with Gasteiger partial charge in [-0.25, -0.2) is 0 Å². The molecule has 0 aromatic heterocycles. The van der Waals surface area contributed by atoms with E-state index in [4.69, 9.17) is 4.74 Å². The summed E-state index contributed by atoms with van der Waals surface area (Å²) in [5.41, 5.74) is 2.85. The number of nitriles is 1. The van der Waals surface area contributed by atoms with Crippen LogP contribution in [0.15, 0.2) is 23.8 Å². The Hall–Kier alpha value is -2.16. The number of methoxy groups -OCH3 is 1. The van der Waals surface area contributed by atoms with E-state index < -0.39 is 5.60 Å². The largest absolute Gasteiger partial charge is 0.385 e. The van der Waals surface area contributed by atoms with Crippen LogP contribution in [-0.2, 0) is 21.6 Å². The molecule has 0 atom stereocenters. The molecule has 0 bridgehead atoms. The van der Waals surface area contributed by atoms with Gasteiger partial charge in [0.05, 0.1) is 16.9 Å². The number of benzene rings is 1. The fourth-order valence-electron chi connectivity index (χ4n) is 4.42. The van der Waals surface area contributed by atoms with Crippen molar-refractivity contribution in [1.82, 2.24) is 4.90 Å². The molecular weight excluding hydrogens is 340 g/mol. The van der Waals surface area contributed by atoms with E-state index in [2.05, 4.69) is 17.9 Å². The Morgan fingerprint density at radius 3 is 2.48 bits per heavy atom. The predicted molar refractivity (Wildman–Crippen MR) is 102 cm³/mol. The Bertz CT molecular complexity index is 853. The molecule has 0 unspecified atom stereocenters. The maximum Gasteiger partial charge on any atom is 0.179 e. The van der Waals surface area contributed by atoms with Gasteiger partial charge in [0.2, 0.25) is 0 Å². The third-order valence-electron chi connectivity index (χ3n) is 6.69. The summed E-state index contributed by atoms with van der Waals surface area (Å²) in [7, 11) is 1.74. The van der Waals surface area contributed by atoms with E-state index in [-0.39, 0.29) is 23.4 Å². The number of hydrogen-bond acceptors (Lipinski definition) is 5. The lowest BCUT2D eigenvalue weighted by molar-refractivity contribution is -0.114. The number of ketones is 1. The summed E-state index contributed by atoms with van der Waals surface area (Å²) in [5, 5.41) is 20.5. The molecule has 4 rings (SSSR count). The first-order valence-electron chi connectivity index (χ1n) is 9.73. The van der Waals surface area contributed by atoms with Gasteiger partial charge in [0, 0.05) is 32.2 Å². The molecular formula is C22H26N2O3. The van der Waals surface area contributed by atoms with E-state index >= 15 is 0 Å². The summed E-state index contributed by atoms with van der Waals surface area (Å²) in [5.74, 6) is -0.116. The van der Waals surface area contributed by atoms with Crippen molar-refractivity contribution in [3.8, 4) is 6.07 Å². The minimum atomic E-state index is -0.759. The van der Waals surface area contributed by atoms with E-state index in [0.29, 0.717) is 0 Å². The number of Topliss-reactive ketones (excluding diaryl/α,β-unsaturated/α-hetero) is 1. The molecule has 0 radical (unpaired) electrons. The van der Waals surface area contributed by atoms with Crippen LogP contribution in [0.1, 0.15) is 55.7 Å². The molecule has 1 saturated heterocycles. The molecule has 1 heterocycles. The summed E-state index contributed by atoms with van der Waals surface area (Å²) in [6.45, 7) is 3.59. The van der Waals surface area contributed by atoms with Gasteiger partial charge < -0.3 is 14.7 Å². The molecule has 1 N–H and O–H groups in total. The molecule has 2 aliphatic carbocycles. The second-order valence-electron chi connectivity index (χ2n) is 8.33. The normalized spacial score (nSPS) is 23.5. The molecule has 2 fully saturated rings. The lowest BCUT2D eigenvalue weighted by Gasteiger charge is -2.42. The van der Waals surface area contributed by atoms with Crippen LogP contribution in [0.2, 0.25) is 0 Å². The first-order valence-corrected chi connectivity index (χ1v) is 9.73. The highest BCUT2D eigenvalue weighted by Gasteiger charge is 2.39. The van der Waals surface area contributed by atoms with Crippen molar-refractivity contribution in [3.63, 3.8) is 0 Å². The predicted octanol–water partition coefficient (Wildman–Crippen LogP) is 2.92. The molecule has 3 aliphatic rings. The third-order valence-corrected chi connectivity index (χ3v) is 6.69. The number of piperidine rings is 1. The lowest BCUT2D eigenvalue weighted by atomic mass is 9.73. The van der Waals surface area contributed by atoms with Crippen LogP contribution in [0.5, 0.6) is 0 Å². The lowest BCUT2D eigenvalue weighted by Crippen LogP contribution is -2.44. The van der Waals surface area contributed by atoms with Crippen LogP contribution in [-0.4, -0.2) is 41.6 Å². The molecule has 0 spiro atoms. The number of likely N-dealkylation sites (tertiary alicyclic amines) is 1. The van der Waals surface area contributed by atoms with Crippen LogP contribution in [0.25, 0.3) is 5.70 Å². The van der Waals surface area contributed by atoms with Crippen molar-refractivity contribution >= 4 is 11.5 Å². The second-order valence-corrected chi connectivity index (χ2v) is 8.33. The number of carbonyl (C=O) groups is 1. The van der Waals surface area contributed by atoms with Gasteiger partial charge in [-0.15, -0.1) is 0 Å². The number of allylic oxidation sites excluding steroid dienone is 1. The van der Waals surface area contributed by atoms with E-state index in [1.54, 1.807) is 7.11 Å². The standard InChI is InChI=1S/C22H26N2O3/c1-21(27-2)8-10-24(11-9-21)20-17-13-16(22(26)6-3-7-22)5-4-15(17)12-19(25)18(20)14-23/h4-5,13,26H,3,6-12H2,1-2H3. The summed E-state index contributed by atoms with van der Waals surface area (Å²) >= 11 is 0. The van der Waals surface area contributed by atoms with Crippen LogP contribution in [0.4, 0.5) is 0 Å². The fraction of sp³-hybridized carbons (Fsp3) is 0.545. The van der Waals surface area contributed by atoms with Crippen molar-refractivity contribution in [2.75, 3.05) is 20.2 Å². The highest BCUT2D eigenvalue weighted by atomic mass is 16.5. The Labute approximate surface area is 160 Å². The van der Waals surface area contributed by atoms with Gasteiger partial charge in [0.1, 0.15) is 11.6 Å². The number of hydrogen-bond donors (Lipinski definition) is 1. The Morgan fingerprint density at radius 1 is 1.22 bits per heavy atom. The number of fused-ring (bicyclic) bond motifs is 1. The maximum absolute atomic E-state index is 12.6. The summed E-state index contributed by atoms with van der Waals surface area (Å²) in [6, 6.07) is 8.07. The first kappa shape index (κ1) is 18.2. The topological polar surface area (TPSA) is 73.6 Å². The Kier molecular flexibility index (Phi) is 4.37. The molecule has 27 heavy (non-hydrogen) atoms. The smallest absolute Gasteiger partial charge is 0.179 e. The fourth-order valence-corrected chi connectivity index (χ4v) is 4.42. The van der Waals surface area contributed by atoms with Gasteiger partial charge in [-0.3, -0.25) is 4.79 Å².